The van der Waals surface area contributed by atoms with E-state index in [9.17, 15) is 4.79 Å². The summed E-state index contributed by atoms with van der Waals surface area (Å²) >= 11 is 3.39. The lowest BCUT2D eigenvalue weighted by Crippen LogP contribution is -2.29. The summed E-state index contributed by atoms with van der Waals surface area (Å²) in [6.07, 6.45) is 0.935. The number of hydrogen-bond acceptors (Lipinski definition) is 2. The highest BCUT2D eigenvalue weighted by Crippen LogP contribution is 2.13. The minimum atomic E-state index is -0.0281. The third-order valence-corrected chi connectivity index (χ3v) is 3.10. The van der Waals surface area contributed by atoms with E-state index in [1.807, 2.05) is 38.1 Å². The molecule has 1 atom stereocenters. The molecule has 1 unspecified atom stereocenters. The van der Waals surface area contributed by atoms with E-state index in [2.05, 4.69) is 15.9 Å². The van der Waals surface area contributed by atoms with Gasteiger partial charge >= 0.3 is 0 Å². The number of nitrogens with two attached hydrogens (primary N) is 1. The molecule has 0 saturated carbocycles. The topological polar surface area (TPSA) is 43.1 Å². The van der Waals surface area contributed by atoms with Gasteiger partial charge in [0, 0.05) is 23.4 Å². The van der Waals surface area contributed by atoms with Crippen LogP contribution in [0, 0.1) is 5.92 Å². The first kappa shape index (κ1) is 13.4. The van der Waals surface area contributed by atoms with Crippen LogP contribution in [0.5, 0.6) is 0 Å². The summed E-state index contributed by atoms with van der Waals surface area (Å²) in [6.45, 7) is 4.08. The second kappa shape index (κ2) is 6.16. The van der Waals surface area contributed by atoms with E-state index >= 15 is 0 Å². The molecule has 16 heavy (non-hydrogen) atoms. The van der Waals surface area contributed by atoms with Crippen molar-refractivity contribution in [3.05, 3.63) is 34.3 Å². The highest BCUT2D eigenvalue weighted by molar-refractivity contribution is 9.10. The molecule has 1 aromatic rings. The summed E-state index contributed by atoms with van der Waals surface area (Å²) in [5.41, 5.74) is 6.91. The zero-order chi connectivity index (χ0) is 12.1. The van der Waals surface area contributed by atoms with Gasteiger partial charge in [0.2, 0.25) is 0 Å². The summed E-state index contributed by atoms with van der Waals surface area (Å²) in [5, 5.41) is 0. The van der Waals surface area contributed by atoms with Crippen LogP contribution in [0.2, 0.25) is 0 Å². The Bertz CT molecular complexity index is 363. The van der Waals surface area contributed by atoms with E-state index in [0.29, 0.717) is 18.8 Å². The van der Waals surface area contributed by atoms with Crippen molar-refractivity contribution in [3.63, 3.8) is 0 Å². The number of hydrogen-bond donors (Lipinski definition) is 1. The fourth-order valence-electron chi connectivity index (χ4n) is 1.45. The predicted octanol–water partition coefficient (Wildman–Crippen LogP) is 2.93. The van der Waals surface area contributed by atoms with Gasteiger partial charge in [-0.2, -0.15) is 0 Å². The molecule has 88 valence electrons. The maximum absolute atomic E-state index is 11.7. The molecule has 0 radical (unpaired) electrons. The molecule has 1 rings (SSSR count). The van der Waals surface area contributed by atoms with Crippen molar-refractivity contribution >= 4 is 21.7 Å². The summed E-state index contributed by atoms with van der Waals surface area (Å²) < 4.78 is 1.01. The van der Waals surface area contributed by atoms with Crippen molar-refractivity contribution in [2.24, 2.45) is 11.7 Å². The zero-order valence-electron chi connectivity index (χ0n) is 9.74. The number of Topliss-reactive ketones (excluding diaryl/α,β-unsaturated/α-hetero) is 1. The van der Waals surface area contributed by atoms with Crippen LogP contribution in [0.3, 0.4) is 0 Å². The lowest BCUT2D eigenvalue weighted by atomic mass is 9.97. The minimum Gasteiger partial charge on any atom is -0.327 e. The number of benzene rings is 1. The Hall–Kier alpha value is -0.670. The van der Waals surface area contributed by atoms with Crippen molar-refractivity contribution in [2.75, 3.05) is 0 Å². The SMILES string of the molecule is CC(C)C(N)CC(=O)Cc1cccc(Br)c1. The van der Waals surface area contributed by atoms with E-state index in [1.54, 1.807) is 0 Å². The first-order chi connectivity index (χ1) is 7.49. The molecule has 2 nitrogen and oxygen atoms in total. The molecule has 0 aliphatic rings. The molecule has 0 saturated heterocycles. The molecular formula is C13H18BrNO. The monoisotopic (exact) mass is 283 g/mol. The van der Waals surface area contributed by atoms with Crippen molar-refractivity contribution in [3.8, 4) is 0 Å². The van der Waals surface area contributed by atoms with Gasteiger partial charge in [0.25, 0.3) is 0 Å². The molecule has 0 fully saturated rings. The van der Waals surface area contributed by atoms with E-state index in [0.717, 1.165) is 10.0 Å². The number of rotatable bonds is 5. The van der Waals surface area contributed by atoms with Gasteiger partial charge < -0.3 is 5.73 Å². The summed E-state index contributed by atoms with van der Waals surface area (Å²) in [5.74, 6) is 0.561. The summed E-state index contributed by atoms with van der Waals surface area (Å²) in [7, 11) is 0. The Labute approximate surface area is 105 Å². The first-order valence-electron chi connectivity index (χ1n) is 5.50. The van der Waals surface area contributed by atoms with Crippen LogP contribution in [0.4, 0.5) is 0 Å². The van der Waals surface area contributed by atoms with Gasteiger partial charge in [-0.1, -0.05) is 41.9 Å². The zero-order valence-corrected chi connectivity index (χ0v) is 11.3. The average Bonchev–Trinajstić information content (AvgIpc) is 2.16. The van der Waals surface area contributed by atoms with E-state index in [-0.39, 0.29) is 11.8 Å². The van der Waals surface area contributed by atoms with E-state index in [4.69, 9.17) is 5.73 Å². The molecule has 0 aromatic heterocycles. The highest BCUT2D eigenvalue weighted by atomic mass is 79.9. The van der Waals surface area contributed by atoms with Gasteiger partial charge in [0.15, 0.2) is 0 Å². The second-order valence-electron chi connectivity index (χ2n) is 4.46. The maximum Gasteiger partial charge on any atom is 0.138 e. The predicted molar refractivity (Wildman–Crippen MR) is 70.3 cm³/mol. The van der Waals surface area contributed by atoms with E-state index < -0.39 is 0 Å². The van der Waals surface area contributed by atoms with Crippen LogP contribution < -0.4 is 5.73 Å². The molecule has 0 heterocycles. The van der Waals surface area contributed by atoms with Gasteiger partial charge in [-0.05, 0) is 23.6 Å². The Kier molecular flexibility index (Phi) is 5.16. The van der Waals surface area contributed by atoms with Crippen molar-refractivity contribution in [1.29, 1.82) is 0 Å². The normalized spacial score (nSPS) is 12.8. The Morgan fingerprint density at radius 3 is 2.69 bits per heavy atom. The molecule has 0 aliphatic carbocycles. The Balaban J connectivity index is 2.52. The fraction of sp³-hybridized carbons (Fsp3) is 0.462. The fourth-order valence-corrected chi connectivity index (χ4v) is 1.89. The molecule has 0 bridgehead atoms. The van der Waals surface area contributed by atoms with Gasteiger partial charge in [-0.25, -0.2) is 0 Å². The highest BCUT2D eigenvalue weighted by Gasteiger charge is 2.13. The van der Waals surface area contributed by atoms with Gasteiger partial charge in [0.1, 0.15) is 5.78 Å². The van der Waals surface area contributed by atoms with Gasteiger partial charge in [-0.3, -0.25) is 4.79 Å². The van der Waals surface area contributed by atoms with Crippen LogP contribution in [0.15, 0.2) is 28.7 Å². The minimum absolute atomic E-state index is 0.0281. The molecule has 1 aromatic carbocycles. The number of carbonyl (C=O) groups excluding carboxylic acids is 1. The molecule has 2 N–H and O–H groups in total. The molecule has 0 aliphatic heterocycles. The maximum atomic E-state index is 11.7. The van der Waals surface area contributed by atoms with Crippen molar-refractivity contribution in [1.82, 2.24) is 0 Å². The van der Waals surface area contributed by atoms with Crippen LogP contribution in [0.25, 0.3) is 0 Å². The molecule has 0 amide bonds. The van der Waals surface area contributed by atoms with Crippen LogP contribution in [0.1, 0.15) is 25.8 Å². The average molecular weight is 284 g/mol. The third kappa shape index (κ3) is 4.45. The molecule has 3 heteroatoms. The van der Waals surface area contributed by atoms with Crippen molar-refractivity contribution in [2.45, 2.75) is 32.7 Å². The van der Waals surface area contributed by atoms with E-state index in [1.165, 1.54) is 0 Å². The number of carbonyl (C=O) groups is 1. The Morgan fingerprint density at radius 2 is 2.12 bits per heavy atom. The van der Waals surface area contributed by atoms with Crippen LogP contribution in [-0.4, -0.2) is 11.8 Å². The smallest absolute Gasteiger partial charge is 0.138 e. The number of ketones is 1. The lowest BCUT2D eigenvalue weighted by Gasteiger charge is -2.14. The summed E-state index contributed by atoms with van der Waals surface area (Å²) in [6, 6.07) is 7.80. The quantitative estimate of drug-likeness (QED) is 0.903. The van der Waals surface area contributed by atoms with Gasteiger partial charge in [-0.15, -0.1) is 0 Å². The standard InChI is InChI=1S/C13H18BrNO/c1-9(2)13(15)8-12(16)7-10-4-3-5-11(14)6-10/h3-6,9,13H,7-8,15H2,1-2H3. The van der Waals surface area contributed by atoms with Crippen LogP contribution in [-0.2, 0) is 11.2 Å². The first-order valence-corrected chi connectivity index (χ1v) is 6.30. The van der Waals surface area contributed by atoms with Crippen LogP contribution >= 0.6 is 15.9 Å². The lowest BCUT2D eigenvalue weighted by molar-refractivity contribution is -0.118. The summed E-state index contributed by atoms with van der Waals surface area (Å²) in [4.78, 5) is 11.7. The largest absolute Gasteiger partial charge is 0.327 e. The number of halogens is 1. The third-order valence-electron chi connectivity index (χ3n) is 2.61. The second-order valence-corrected chi connectivity index (χ2v) is 5.37. The molecular weight excluding hydrogens is 266 g/mol. The molecule has 0 spiro atoms. The van der Waals surface area contributed by atoms with Gasteiger partial charge in [0.05, 0.1) is 0 Å². The van der Waals surface area contributed by atoms with Crippen molar-refractivity contribution < 1.29 is 4.79 Å². The Morgan fingerprint density at radius 1 is 1.44 bits per heavy atom.